The molecule has 3 aromatic rings. The lowest BCUT2D eigenvalue weighted by Crippen LogP contribution is -2.10. The van der Waals surface area contributed by atoms with Crippen LogP contribution in [0.15, 0.2) is 48.5 Å². The van der Waals surface area contributed by atoms with E-state index in [1.54, 1.807) is 18.2 Å². The highest BCUT2D eigenvalue weighted by Crippen LogP contribution is 2.38. The molecule has 0 amide bonds. The number of esters is 1. The zero-order valence-electron chi connectivity index (χ0n) is 17.9. The van der Waals surface area contributed by atoms with Crippen LogP contribution in [0.5, 0.6) is 17.2 Å². The second kappa shape index (κ2) is 10.6. The molecule has 2 aromatic carbocycles. The Morgan fingerprint density at radius 3 is 2.31 bits per heavy atom. The van der Waals surface area contributed by atoms with Crippen LogP contribution in [0, 0.1) is 0 Å². The monoisotopic (exact) mass is 437 g/mol. The molecule has 32 heavy (non-hydrogen) atoms. The van der Waals surface area contributed by atoms with Crippen molar-refractivity contribution in [3.63, 3.8) is 0 Å². The first-order chi connectivity index (χ1) is 15.5. The van der Waals surface area contributed by atoms with Crippen molar-refractivity contribution in [3.8, 4) is 17.2 Å². The molecule has 3 rings (SSSR count). The van der Waals surface area contributed by atoms with Crippen LogP contribution in [0.3, 0.4) is 0 Å². The topological polar surface area (TPSA) is 131 Å². The summed E-state index contributed by atoms with van der Waals surface area (Å²) >= 11 is 0. The molecule has 1 aromatic heterocycles. The molecule has 166 valence electrons. The van der Waals surface area contributed by atoms with Gasteiger partial charge < -0.3 is 30.0 Å². The normalized spacial score (nSPS) is 10.6. The van der Waals surface area contributed by atoms with E-state index in [-0.39, 0.29) is 24.3 Å². The Kier molecular flexibility index (Phi) is 7.42. The van der Waals surface area contributed by atoms with Gasteiger partial charge in [0.1, 0.15) is 0 Å². The number of rotatable bonds is 9. The summed E-state index contributed by atoms with van der Waals surface area (Å²) in [5, 5.41) is 3.02. The highest BCUT2D eigenvalue weighted by atomic mass is 16.5. The van der Waals surface area contributed by atoms with E-state index in [1.807, 2.05) is 30.3 Å². The third-order valence-corrected chi connectivity index (χ3v) is 4.17. The predicted molar refractivity (Wildman–Crippen MR) is 119 cm³/mol. The van der Waals surface area contributed by atoms with Gasteiger partial charge in [-0.2, -0.15) is 15.0 Å². The lowest BCUT2D eigenvalue weighted by Gasteiger charge is -2.12. The van der Waals surface area contributed by atoms with Gasteiger partial charge in [0, 0.05) is 11.8 Å². The molecule has 0 aliphatic heterocycles. The fraction of sp³-hybridized carbons (Fsp3) is 0.182. The third kappa shape index (κ3) is 5.85. The molecule has 0 aliphatic rings. The second-order valence-electron chi connectivity index (χ2n) is 6.32. The van der Waals surface area contributed by atoms with Gasteiger partial charge in [-0.1, -0.05) is 18.2 Å². The first kappa shape index (κ1) is 22.3. The van der Waals surface area contributed by atoms with Gasteiger partial charge in [-0.25, -0.2) is 4.79 Å². The number of carbonyl (C=O) groups excluding carboxylic acids is 1. The Morgan fingerprint density at radius 2 is 1.69 bits per heavy atom. The molecule has 10 heteroatoms. The molecule has 0 spiro atoms. The fourth-order valence-corrected chi connectivity index (χ4v) is 2.75. The minimum Gasteiger partial charge on any atom is -0.493 e. The van der Waals surface area contributed by atoms with Crippen molar-refractivity contribution in [2.24, 2.45) is 0 Å². The summed E-state index contributed by atoms with van der Waals surface area (Å²) in [6.07, 6.45) is 2.84. The molecule has 0 aliphatic carbocycles. The van der Waals surface area contributed by atoms with Gasteiger partial charge in [0.2, 0.25) is 17.6 Å². The Hall–Kier alpha value is -4.34. The van der Waals surface area contributed by atoms with E-state index in [0.717, 1.165) is 5.69 Å². The summed E-state index contributed by atoms with van der Waals surface area (Å²) in [7, 11) is 4.54. The molecule has 3 N–H and O–H groups in total. The standard InChI is InChI=1S/C22H23N5O5/c1-29-16-11-14(12-17(30-2)20(16)31-3)9-10-19(28)32-13-18-25-21(23)27-22(26-18)24-15-7-5-4-6-8-15/h4-12H,13H2,1-3H3,(H3,23,24,25,26,27)/b10-9+. The molecule has 0 saturated carbocycles. The Morgan fingerprint density at radius 1 is 1.00 bits per heavy atom. The molecule has 0 fully saturated rings. The van der Waals surface area contributed by atoms with Gasteiger partial charge in [-0.15, -0.1) is 0 Å². The van der Waals surface area contributed by atoms with Gasteiger partial charge in [0.25, 0.3) is 0 Å². The highest BCUT2D eigenvalue weighted by Gasteiger charge is 2.12. The average Bonchev–Trinajstić information content (AvgIpc) is 2.80. The van der Waals surface area contributed by atoms with E-state index in [0.29, 0.717) is 22.8 Å². The molecular formula is C22H23N5O5. The second-order valence-corrected chi connectivity index (χ2v) is 6.32. The first-order valence-corrected chi connectivity index (χ1v) is 9.49. The van der Waals surface area contributed by atoms with Crippen molar-refractivity contribution in [1.29, 1.82) is 0 Å². The van der Waals surface area contributed by atoms with Crippen LogP contribution in [0.4, 0.5) is 17.6 Å². The zero-order chi connectivity index (χ0) is 22.9. The molecule has 0 unspecified atom stereocenters. The molecule has 0 radical (unpaired) electrons. The Balaban J connectivity index is 1.65. The van der Waals surface area contributed by atoms with Crippen molar-refractivity contribution in [2.45, 2.75) is 6.61 Å². The largest absolute Gasteiger partial charge is 0.493 e. The number of anilines is 3. The van der Waals surface area contributed by atoms with Crippen LogP contribution in [0.2, 0.25) is 0 Å². The first-order valence-electron chi connectivity index (χ1n) is 9.49. The maximum Gasteiger partial charge on any atom is 0.331 e. The summed E-state index contributed by atoms with van der Waals surface area (Å²) in [4.78, 5) is 24.4. The SMILES string of the molecule is COc1cc(/C=C/C(=O)OCc2nc(N)nc(Nc3ccccc3)n2)cc(OC)c1OC. The van der Waals surface area contributed by atoms with Crippen LogP contribution in [-0.4, -0.2) is 42.3 Å². The molecule has 10 nitrogen and oxygen atoms in total. The molecule has 0 atom stereocenters. The van der Waals surface area contributed by atoms with Crippen LogP contribution in [-0.2, 0) is 16.1 Å². The molecule has 1 heterocycles. The quantitative estimate of drug-likeness (QED) is 0.380. The van der Waals surface area contributed by atoms with Crippen molar-refractivity contribution >= 4 is 29.6 Å². The number of aromatic nitrogens is 3. The highest BCUT2D eigenvalue weighted by molar-refractivity contribution is 5.87. The van der Waals surface area contributed by atoms with Crippen molar-refractivity contribution in [2.75, 3.05) is 32.4 Å². The number of benzene rings is 2. The maximum absolute atomic E-state index is 12.2. The van der Waals surface area contributed by atoms with Crippen LogP contribution >= 0.6 is 0 Å². The lowest BCUT2D eigenvalue weighted by atomic mass is 10.1. The molecule has 0 saturated heterocycles. The van der Waals surface area contributed by atoms with Gasteiger partial charge in [0.05, 0.1) is 21.3 Å². The predicted octanol–water partition coefficient (Wildman–Crippen LogP) is 2.98. The number of hydrogen-bond acceptors (Lipinski definition) is 10. The van der Waals surface area contributed by atoms with Crippen molar-refractivity contribution in [1.82, 2.24) is 15.0 Å². The number of nitrogens with zero attached hydrogens (tertiary/aromatic N) is 3. The lowest BCUT2D eigenvalue weighted by molar-refractivity contribution is -0.139. The summed E-state index contributed by atoms with van der Waals surface area (Å²) in [5.41, 5.74) is 7.19. The van der Waals surface area contributed by atoms with Crippen LogP contribution in [0.25, 0.3) is 6.08 Å². The number of nitrogens with two attached hydrogens (primary N) is 1. The number of para-hydroxylation sites is 1. The van der Waals surface area contributed by atoms with Gasteiger partial charge in [-0.3, -0.25) is 0 Å². The number of methoxy groups -OCH3 is 3. The van der Waals surface area contributed by atoms with E-state index in [9.17, 15) is 4.79 Å². The van der Waals surface area contributed by atoms with E-state index in [1.165, 1.54) is 27.4 Å². The molecular weight excluding hydrogens is 414 g/mol. The minimum absolute atomic E-state index is 0.0115. The van der Waals surface area contributed by atoms with Crippen molar-refractivity contribution < 1.29 is 23.7 Å². The van der Waals surface area contributed by atoms with E-state index in [2.05, 4.69) is 20.3 Å². The van der Waals surface area contributed by atoms with Crippen LogP contribution < -0.4 is 25.3 Å². The van der Waals surface area contributed by atoms with Crippen LogP contribution in [0.1, 0.15) is 11.4 Å². The fourth-order valence-electron chi connectivity index (χ4n) is 2.75. The minimum atomic E-state index is -0.588. The number of hydrogen-bond donors (Lipinski definition) is 2. The third-order valence-electron chi connectivity index (χ3n) is 4.17. The van der Waals surface area contributed by atoms with Gasteiger partial charge in [0.15, 0.2) is 23.9 Å². The average molecular weight is 437 g/mol. The smallest absolute Gasteiger partial charge is 0.331 e. The van der Waals surface area contributed by atoms with Gasteiger partial charge in [-0.05, 0) is 35.9 Å². The zero-order valence-corrected chi connectivity index (χ0v) is 17.9. The van der Waals surface area contributed by atoms with E-state index < -0.39 is 5.97 Å². The summed E-state index contributed by atoms with van der Waals surface area (Å²) < 4.78 is 21.1. The number of ether oxygens (including phenoxy) is 4. The molecule has 0 bridgehead atoms. The van der Waals surface area contributed by atoms with Gasteiger partial charge >= 0.3 is 5.97 Å². The number of nitrogen functional groups attached to an aromatic ring is 1. The summed E-state index contributed by atoms with van der Waals surface area (Å²) in [6.45, 7) is -0.172. The summed E-state index contributed by atoms with van der Waals surface area (Å²) in [6, 6.07) is 12.8. The Labute approximate surface area is 185 Å². The Bertz CT molecular complexity index is 1080. The maximum atomic E-state index is 12.2. The number of nitrogens with one attached hydrogen (secondary N) is 1. The van der Waals surface area contributed by atoms with Crippen molar-refractivity contribution in [3.05, 3.63) is 59.9 Å². The number of carbonyl (C=O) groups is 1. The summed E-state index contributed by atoms with van der Waals surface area (Å²) in [5.74, 6) is 1.29. The van der Waals surface area contributed by atoms with E-state index >= 15 is 0 Å². The van der Waals surface area contributed by atoms with E-state index in [4.69, 9.17) is 24.7 Å².